The van der Waals surface area contributed by atoms with Gasteiger partial charge in [0.05, 0.1) is 0 Å². The molecule has 0 fully saturated rings. The summed E-state index contributed by atoms with van der Waals surface area (Å²) in [6.07, 6.45) is 0.622. The fourth-order valence-corrected chi connectivity index (χ4v) is 1.06. The van der Waals surface area contributed by atoms with Crippen LogP contribution in [0.3, 0.4) is 0 Å². The minimum absolute atomic E-state index is 0. The highest BCUT2D eigenvalue weighted by Gasteiger charge is 2.39. The van der Waals surface area contributed by atoms with E-state index in [9.17, 15) is 8.78 Å². The van der Waals surface area contributed by atoms with Crippen LogP contribution in [0.2, 0.25) is 0 Å². The molecule has 88 valence electrons. The molecule has 0 bridgehead atoms. The van der Waals surface area contributed by atoms with Crippen LogP contribution < -0.4 is 5.73 Å². The lowest BCUT2D eigenvalue weighted by Crippen LogP contribution is -2.35. The van der Waals surface area contributed by atoms with E-state index >= 15 is 0 Å². The topological polar surface area (TPSA) is 59.4 Å². The largest absolute Gasteiger partial charge is 0.464 e. The Kier molecular flexibility index (Phi) is 5.20. The van der Waals surface area contributed by atoms with Gasteiger partial charge < -0.3 is 15.3 Å². The van der Waals surface area contributed by atoms with E-state index in [4.69, 9.17) is 15.3 Å². The molecule has 0 spiro atoms. The van der Waals surface area contributed by atoms with Gasteiger partial charge in [-0.3, -0.25) is 0 Å². The summed E-state index contributed by atoms with van der Waals surface area (Å²) in [6.45, 7) is 0.564. The smallest absolute Gasteiger partial charge is 0.292 e. The molecular formula is C9H14ClF2NO2. The van der Waals surface area contributed by atoms with Gasteiger partial charge in [-0.25, -0.2) is 8.78 Å². The molecule has 0 aromatic carbocycles. The van der Waals surface area contributed by atoms with E-state index < -0.39 is 18.6 Å². The maximum absolute atomic E-state index is 12.9. The van der Waals surface area contributed by atoms with Crippen molar-refractivity contribution in [2.75, 3.05) is 6.61 Å². The van der Waals surface area contributed by atoms with Crippen LogP contribution in [0.5, 0.6) is 0 Å². The molecule has 0 saturated carbocycles. The third-order valence-electron chi connectivity index (χ3n) is 2.00. The van der Waals surface area contributed by atoms with Gasteiger partial charge in [0.15, 0.2) is 0 Å². The van der Waals surface area contributed by atoms with E-state index in [-0.39, 0.29) is 18.2 Å². The van der Waals surface area contributed by atoms with Crippen molar-refractivity contribution in [2.45, 2.75) is 25.3 Å². The van der Waals surface area contributed by atoms with Crippen LogP contribution >= 0.6 is 12.4 Å². The monoisotopic (exact) mass is 241 g/mol. The Labute approximate surface area is 92.7 Å². The van der Waals surface area contributed by atoms with E-state index in [0.29, 0.717) is 12.2 Å². The predicted octanol–water partition coefficient (Wildman–Crippen LogP) is 1.89. The van der Waals surface area contributed by atoms with Gasteiger partial charge in [0, 0.05) is 6.42 Å². The van der Waals surface area contributed by atoms with Crippen LogP contribution in [-0.2, 0) is 6.42 Å². The van der Waals surface area contributed by atoms with Gasteiger partial charge in [-0.2, -0.15) is 0 Å². The first-order chi connectivity index (χ1) is 6.51. The van der Waals surface area contributed by atoms with Crippen molar-refractivity contribution in [1.82, 2.24) is 0 Å². The molecule has 15 heavy (non-hydrogen) atoms. The predicted molar refractivity (Wildman–Crippen MR) is 54.3 cm³/mol. The molecule has 1 atom stereocenters. The first-order valence-corrected chi connectivity index (χ1v) is 4.34. The van der Waals surface area contributed by atoms with E-state index in [1.54, 1.807) is 6.07 Å². The van der Waals surface area contributed by atoms with Gasteiger partial charge in [0.2, 0.25) is 0 Å². The summed E-state index contributed by atoms with van der Waals surface area (Å²) in [4.78, 5) is 0. The Morgan fingerprint density at radius 3 is 2.53 bits per heavy atom. The van der Waals surface area contributed by atoms with Crippen molar-refractivity contribution in [3.63, 3.8) is 0 Å². The fraction of sp³-hybridized carbons (Fsp3) is 0.556. The molecule has 0 unspecified atom stereocenters. The highest BCUT2D eigenvalue weighted by molar-refractivity contribution is 5.85. The molecule has 0 radical (unpaired) electrons. The van der Waals surface area contributed by atoms with Crippen molar-refractivity contribution in [2.24, 2.45) is 5.73 Å². The quantitative estimate of drug-likeness (QED) is 0.846. The fourth-order valence-electron chi connectivity index (χ4n) is 1.06. The second-order valence-electron chi connectivity index (χ2n) is 3.05. The highest BCUT2D eigenvalue weighted by Crippen LogP contribution is 2.29. The lowest BCUT2D eigenvalue weighted by atomic mass is 10.1. The first kappa shape index (κ1) is 14.3. The van der Waals surface area contributed by atoms with Crippen molar-refractivity contribution in [3.8, 4) is 0 Å². The number of aliphatic hydroxyl groups is 1. The second-order valence-corrected chi connectivity index (χ2v) is 3.05. The summed E-state index contributed by atoms with van der Waals surface area (Å²) in [5, 5.41) is 8.42. The summed E-state index contributed by atoms with van der Waals surface area (Å²) in [6, 6.07) is 1.42. The Morgan fingerprint density at radius 1 is 1.53 bits per heavy atom. The second kappa shape index (κ2) is 5.44. The zero-order valence-electron chi connectivity index (χ0n) is 8.24. The summed E-state index contributed by atoms with van der Waals surface area (Å²) in [5.41, 5.74) is 5.25. The van der Waals surface area contributed by atoms with Gasteiger partial charge in [-0.05, 0) is 12.1 Å². The molecule has 1 aromatic heterocycles. The summed E-state index contributed by atoms with van der Waals surface area (Å²) in [5.74, 6) is -2.74. The number of nitrogens with two attached hydrogens (primary N) is 1. The molecule has 0 amide bonds. The number of hydrogen-bond acceptors (Lipinski definition) is 3. The van der Waals surface area contributed by atoms with Crippen molar-refractivity contribution in [1.29, 1.82) is 0 Å². The van der Waals surface area contributed by atoms with Gasteiger partial charge in [0.25, 0.3) is 5.92 Å². The third-order valence-corrected chi connectivity index (χ3v) is 2.00. The van der Waals surface area contributed by atoms with Crippen LogP contribution in [0.15, 0.2) is 16.5 Å². The summed E-state index contributed by atoms with van der Waals surface area (Å²) < 4.78 is 30.9. The Hall–Kier alpha value is -0.650. The van der Waals surface area contributed by atoms with Crippen LogP contribution in [-0.4, -0.2) is 17.6 Å². The number of hydrogen-bond donors (Lipinski definition) is 2. The summed E-state index contributed by atoms with van der Waals surface area (Å²) >= 11 is 0. The van der Waals surface area contributed by atoms with Gasteiger partial charge >= 0.3 is 0 Å². The third kappa shape index (κ3) is 3.15. The molecule has 0 aliphatic heterocycles. The lowest BCUT2D eigenvalue weighted by Gasteiger charge is -2.19. The number of furan rings is 1. The molecule has 3 N–H and O–H groups in total. The molecule has 0 saturated heterocycles. The van der Waals surface area contributed by atoms with Crippen LogP contribution in [0.25, 0.3) is 0 Å². The van der Waals surface area contributed by atoms with Crippen molar-refractivity contribution >= 4 is 12.4 Å². The maximum atomic E-state index is 12.9. The number of rotatable bonds is 4. The normalized spacial score (nSPS) is 13.4. The van der Waals surface area contributed by atoms with E-state index in [1.165, 1.54) is 6.07 Å². The number of aliphatic hydroxyl groups excluding tert-OH is 1. The molecule has 1 heterocycles. The highest BCUT2D eigenvalue weighted by atomic mass is 35.5. The standard InChI is InChI=1S/C9H13F2NO2.ClH/c1-2-6-3-4-7(14-6)8(12)9(10,11)5-13;/h3-4,8,13H,2,5,12H2,1H3;1H/t8-;/m1./s1. The molecule has 1 rings (SSSR count). The van der Waals surface area contributed by atoms with Gasteiger partial charge in [0.1, 0.15) is 24.2 Å². The van der Waals surface area contributed by atoms with Crippen molar-refractivity contribution < 1.29 is 18.3 Å². The zero-order valence-corrected chi connectivity index (χ0v) is 9.06. The number of halogens is 3. The molecule has 3 nitrogen and oxygen atoms in total. The van der Waals surface area contributed by atoms with Crippen LogP contribution in [0, 0.1) is 0 Å². The molecule has 0 aliphatic rings. The van der Waals surface area contributed by atoms with Gasteiger partial charge in [-0.15, -0.1) is 12.4 Å². The van der Waals surface area contributed by atoms with Crippen LogP contribution in [0.1, 0.15) is 24.5 Å². The van der Waals surface area contributed by atoms with E-state index in [1.807, 2.05) is 6.92 Å². The van der Waals surface area contributed by atoms with Crippen molar-refractivity contribution in [3.05, 3.63) is 23.7 Å². The van der Waals surface area contributed by atoms with E-state index in [0.717, 1.165) is 0 Å². The number of aryl methyl sites for hydroxylation is 1. The Morgan fingerprint density at radius 2 is 2.13 bits per heavy atom. The average molecular weight is 242 g/mol. The SMILES string of the molecule is CCc1ccc([C@@H](N)C(F)(F)CO)o1.Cl. The minimum atomic E-state index is -3.34. The Bertz CT molecular complexity index is 304. The summed E-state index contributed by atoms with van der Waals surface area (Å²) in [7, 11) is 0. The average Bonchev–Trinajstić information content (AvgIpc) is 2.64. The zero-order chi connectivity index (χ0) is 10.8. The molecule has 1 aromatic rings. The van der Waals surface area contributed by atoms with E-state index in [2.05, 4.69) is 0 Å². The molecular weight excluding hydrogens is 228 g/mol. The molecule has 6 heteroatoms. The first-order valence-electron chi connectivity index (χ1n) is 4.34. The molecule has 0 aliphatic carbocycles. The maximum Gasteiger partial charge on any atom is 0.292 e. The Balaban J connectivity index is 0.00000196. The lowest BCUT2D eigenvalue weighted by molar-refractivity contribution is -0.0756. The minimum Gasteiger partial charge on any atom is -0.464 e. The van der Waals surface area contributed by atoms with Gasteiger partial charge in [-0.1, -0.05) is 6.92 Å². The number of alkyl halides is 2. The van der Waals surface area contributed by atoms with Crippen LogP contribution in [0.4, 0.5) is 8.78 Å².